The molecule has 0 spiro atoms. The molecule has 0 aliphatic heterocycles. The molecule has 4 aromatic rings. The van der Waals surface area contributed by atoms with Gasteiger partial charge in [-0.1, -0.05) is 59.8 Å². The Morgan fingerprint density at radius 1 is 1.13 bits per heavy atom. The van der Waals surface area contributed by atoms with Crippen LogP contribution in [0.5, 0.6) is 0 Å². The van der Waals surface area contributed by atoms with Gasteiger partial charge in [0.05, 0.1) is 11.4 Å². The first kappa shape index (κ1) is 21.3. The molecule has 6 nitrogen and oxygen atoms in total. The van der Waals surface area contributed by atoms with Crippen molar-refractivity contribution in [2.75, 3.05) is 11.1 Å². The highest BCUT2D eigenvalue weighted by Crippen LogP contribution is 2.27. The average Bonchev–Trinajstić information content (AvgIpc) is 3.41. The van der Waals surface area contributed by atoms with Gasteiger partial charge in [0.2, 0.25) is 5.91 Å². The van der Waals surface area contributed by atoms with Crippen LogP contribution in [0.25, 0.3) is 22.6 Å². The monoisotopic (exact) mass is 467 g/mol. The standard InChI is InChI=1S/C22H18ClN5OS2/c1-2-12-28-20(16-8-10-17(23)11-9-16)26-27-22(28)31-14-19(29)25-21-24-18(13-30-21)15-6-4-3-5-7-15/h2-11,13H,1,12,14H2,(H,24,25,29). The lowest BCUT2D eigenvalue weighted by Crippen LogP contribution is -2.14. The summed E-state index contributed by atoms with van der Waals surface area (Å²) in [6.45, 7) is 4.34. The quantitative estimate of drug-likeness (QED) is 0.268. The summed E-state index contributed by atoms with van der Waals surface area (Å²) in [5.41, 5.74) is 2.75. The lowest BCUT2D eigenvalue weighted by molar-refractivity contribution is -0.113. The van der Waals surface area contributed by atoms with Gasteiger partial charge in [0.25, 0.3) is 0 Å². The van der Waals surface area contributed by atoms with E-state index in [9.17, 15) is 4.79 Å². The van der Waals surface area contributed by atoms with Crippen LogP contribution < -0.4 is 5.32 Å². The molecule has 1 amide bonds. The lowest BCUT2D eigenvalue weighted by Gasteiger charge is -2.07. The number of hydrogen-bond donors (Lipinski definition) is 1. The summed E-state index contributed by atoms with van der Waals surface area (Å²) in [4.78, 5) is 17.0. The van der Waals surface area contributed by atoms with Crippen LogP contribution in [0.2, 0.25) is 5.02 Å². The molecule has 0 bridgehead atoms. The van der Waals surface area contributed by atoms with Crippen LogP contribution in [0.15, 0.2) is 77.8 Å². The molecule has 2 heterocycles. The van der Waals surface area contributed by atoms with Gasteiger partial charge in [0.1, 0.15) is 0 Å². The molecule has 0 saturated carbocycles. The molecule has 4 rings (SSSR count). The Balaban J connectivity index is 1.42. The van der Waals surface area contributed by atoms with Crippen LogP contribution in [0.4, 0.5) is 5.13 Å². The third-order valence-corrected chi connectivity index (χ3v) is 6.26. The first-order valence-corrected chi connectivity index (χ1v) is 11.6. The van der Waals surface area contributed by atoms with Gasteiger partial charge >= 0.3 is 0 Å². The van der Waals surface area contributed by atoms with Crippen molar-refractivity contribution in [2.24, 2.45) is 0 Å². The summed E-state index contributed by atoms with van der Waals surface area (Å²) in [5.74, 6) is 0.739. The number of rotatable bonds is 8. The van der Waals surface area contributed by atoms with Gasteiger partial charge in [0.15, 0.2) is 16.1 Å². The Bertz CT molecular complexity index is 1190. The van der Waals surface area contributed by atoms with E-state index in [1.807, 2.05) is 64.5 Å². The van der Waals surface area contributed by atoms with Crippen LogP contribution in [0, 0.1) is 0 Å². The molecule has 0 radical (unpaired) electrons. The molecule has 1 N–H and O–H groups in total. The van der Waals surface area contributed by atoms with E-state index in [0.717, 1.165) is 16.8 Å². The minimum Gasteiger partial charge on any atom is -0.301 e. The molecule has 2 aromatic carbocycles. The molecule has 2 aromatic heterocycles. The van der Waals surface area contributed by atoms with E-state index in [-0.39, 0.29) is 11.7 Å². The molecule has 0 aliphatic carbocycles. The van der Waals surface area contributed by atoms with Crippen molar-refractivity contribution in [2.45, 2.75) is 11.7 Å². The van der Waals surface area contributed by atoms with Crippen molar-refractivity contribution in [1.29, 1.82) is 0 Å². The highest BCUT2D eigenvalue weighted by Gasteiger charge is 2.16. The van der Waals surface area contributed by atoms with Crippen molar-refractivity contribution in [3.8, 4) is 22.6 Å². The lowest BCUT2D eigenvalue weighted by atomic mass is 10.2. The van der Waals surface area contributed by atoms with Gasteiger partial charge in [0, 0.05) is 28.1 Å². The maximum Gasteiger partial charge on any atom is 0.236 e. The van der Waals surface area contributed by atoms with E-state index in [1.165, 1.54) is 23.1 Å². The number of nitrogens with zero attached hydrogens (tertiary/aromatic N) is 4. The van der Waals surface area contributed by atoms with Crippen LogP contribution >= 0.6 is 34.7 Å². The zero-order chi connectivity index (χ0) is 21.6. The fraction of sp³-hybridized carbons (Fsp3) is 0.0909. The van der Waals surface area contributed by atoms with Gasteiger partial charge in [-0.25, -0.2) is 4.98 Å². The third kappa shape index (κ3) is 5.22. The van der Waals surface area contributed by atoms with E-state index in [2.05, 4.69) is 27.1 Å². The van der Waals surface area contributed by atoms with Crippen LogP contribution in [-0.4, -0.2) is 31.4 Å². The van der Waals surface area contributed by atoms with Gasteiger partial charge in [-0.3, -0.25) is 9.36 Å². The Labute approximate surface area is 193 Å². The number of amides is 1. The molecule has 0 fully saturated rings. The van der Waals surface area contributed by atoms with Crippen molar-refractivity contribution in [1.82, 2.24) is 19.7 Å². The Hall–Kier alpha value is -2.94. The predicted octanol–water partition coefficient (Wildman–Crippen LogP) is 5.64. The topological polar surface area (TPSA) is 72.7 Å². The molecule has 9 heteroatoms. The predicted molar refractivity (Wildman–Crippen MR) is 128 cm³/mol. The maximum absolute atomic E-state index is 12.5. The fourth-order valence-corrected chi connectivity index (χ4v) is 4.47. The zero-order valence-electron chi connectivity index (χ0n) is 16.4. The Morgan fingerprint density at radius 3 is 2.65 bits per heavy atom. The smallest absolute Gasteiger partial charge is 0.236 e. The fourth-order valence-electron chi connectivity index (χ4n) is 2.86. The van der Waals surface area contributed by atoms with Gasteiger partial charge in [-0.15, -0.1) is 28.1 Å². The number of carbonyl (C=O) groups is 1. The first-order valence-electron chi connectivity index (χ1n) is 9.37. The van der Waals surface area contributed by atoms with E-state index in [0.29, 0.717) is 27.7 Å². The highest BCUT2D eigenvalue weighted by molar-refractivity contribution is 7.99. The van der Waals surface area contributed by atoms with E-state index in [4.69, 9.17) is 11.6 Å². The summed E-state index contributed by atoms with van der Waals surface area (Å²) in [7, 11) is 0. The number of carbonyl (C=O) groups excluding carboxylic acids is 1. The summed E-state index contributed by atoms with van der Waals surface area (Å²) in [5, 5.41) is 15.2. The molecular weight excluding hydrogens is 450 g/mol. The van der Waals surface area contributed by atoms with Gasteiger partial charge in [-0.05, 0) is 24.3 Å². The normalized spacial score (nSPS) is 10.7. The number of halogens is 1. The van der Waals surface area contributed by atoms with Gasteiger partial charge in [-0.2, -0.15) is 0 Å². The Morgan fingerprint density at radius 2 is 1.90 bits per heavy atom. The average molecular weight is 468 g/mol. The SMILES string of the molecule is C=CCn1c(SCC(=O)Nc2nc(-c3ccccc3)cs2)nnc1-c1ccc(Cl)cc1. The highest BCUT2D eigenvalue weighted by atomic mass is 35.5. The molecule has 0 atom stereocenters. The minimum absolute atomic E-state index is 0.153. The Kier molecular flexibility index (Phi) is 6.81. The molecule has 0 saturated heterocycles. The second kappa shape index (κ2) is 9.91. The number of anilines is 1. The van der Waals surface area contributed by atoms with Crippen LogP contribution in [-0.2, 0) is 11.3 Å². The van der Waals surface area contributed by atoms with Crippen molar-refractivity contribution in [3.63, 3.8) is 0 Å². The number of thiazole rings is 1. The molecule has 31 heavy (non-hydrogen) atoms. The largest absolute Gasteiger partial charge is 0.301 e. The summed E-state index contributed by atoms with van der Waals surface area (Å²) in [6.07, 6.45) is 1.77. The number of nitrogens with one attached hydrogen (secondary N) is 1. The zero-order valence-corrected chi connectivity index (χ0v) is 18.8. The van der Waals surface area contributed by atoms with Crippen molar-refractivity contribution < 1.29 is 4.79 Å². The van der Waals surface area contributed by atoms with E-state index in [1.54, 1.807) is 6.08 Å². The molecule has 0 aliphatic rings. The second-order valence-corrected chi connectivity index (χ2v) is 8.69. The third-order valence-electron chi connectivity index (χ3n) is 4.28. The number of thioether (sulfide) groups is 1. The van der Waals surface area contributed by atoms with Crippen molar-refractivity contribution in [3.05, 3.63) is 77.7 Å². The summed E-state index contributed by atoms with van der Waals surface area (Å²) >= 11 is 8.70. The number of aromatic nitrogens is 4. The first-order chi connectivity index (χ1) is 15.1. The van der Waals surface area contributed by atoms with E-state index >= 15 is 0 Å². The summed E-state index contributed by atoms with van der Waals surface area (Å²) in [6, 6.07) is 17.2. The van der Waals surface area contributed by atoms with Crippen molar-refractivity contribution >= 4 is 45.7 Å². The number of hydrogen-bond acceptors (Lipinski definition) is 6. The number of benzene rings is 2. The van der Waals surface area contributed by atoms with Gasteiger partial charge < -0.3 is 5.32 Å². The molecule has 156 valence electrons. The second-order valence-electron chi connectivity index (χ2n) is 6.45. The van der Waals surface area contributed by atoms with Crippen LogP contribution in [0.3, 0.4) is 0 Å². The van der Waals surface area contributed by atoms with Crippen LogP contribution in [0.1, 0.15) is 0 Å². The minimum atomic E-state index is -0.153. The maximum atomic E-state index is 12.5. The number of allylic oxidation sites excluding steroid dienone is 1. The molecule has 0 unspecified atom stereocenters. The summed E-state index contributed by atoms with van der Waals surface area (Å²) < 4.78 is 1.92. The van der Waals surface area contributed by atoms with E-state index < -0.39 is 0 Å². The molecular formula is C22H18ClN5OS2.